The Labute approximate surface area is 364 Å². The Hall–Kier alpha value is -5.91. The SMILES string of the molecule is [N-]=[N+]=NCCOc1ccc(C(=O)Oc2ccc(CS[P@@]3(=O)OCC4O[C@@H](n5cnc6c(N)ncnc65)[C@H](F)[C@@H]4O[P+](=O)OC[C@H]4O[C@@H](n5cnc6c(N)ncnc65)C[C@@H]4O3)cc2)cc1. The maximum absolute atomic E-state index is 16.4. The number of nitrogens with two attached hydrogens (primary N) is 2. The summed E-state index contributed by atoms with van der Waals surface area (Å²) in [4.78, 5) is 40.4. The monoisotopic (exact) mass is 938 g/mol. The van der Waals surface area contributed by atoms with Gasteiger partial charge in [-0.3, -0.25) is 18.2 Å². The Morgan fingerprint density at radius 2 is 1.61 bits per heavy atom. The molecule has 28 heteroatoms. The maximum atomic E-state index is 16.4. The van der Waals surface area contributed by atoms with Crippen LogP contribution < -0.4 is 20.9 Å². The first-order chi connectivity index (χ1) is 31.1. The quantitative estimate of drug-likeness (QED) is 0.0296. The first-order valence-electron chi connectivity index (χ1n) is 19.3. The van der Waals surface area contributed by atoms with Crippen LogP contribution in [0.3, 0.4) is 0 Å². The van der Waals surface area contributed by atoms with Gasteiger partial charge in [-0.05, 0) is 58.9 Å². The number of azide groups is 1. The first kappa shape index (κ1) is 43.3. The molecular formula is C36H35FN13O11P2S+. The molecule has 0 radical (unpaired) electrons. The van der Waals surface area contributed by atoms with Crippen LogP contribution in [0, 0.1) is 0 Å². The number of nitrogens with zero attached hydrogens (tertiary/aromatic N) is 11. The van der Waals surface area contributed by atoms with Crippen molar-refractivity contribution in [1.29, 1.82) is 0 Å². The standard InChI is InChI=1S/C36H35FN13O11P2S/c37-27-30-25(59-35(27)50-18-46-29-32(39)42-16-44-34(29)50)13-56-63(53,61-23-11-26(58-24(23)12-55-62(52)60-30)49-17-45-28-31(38)41-15-43-33(28)49)64-14-19-1-5-22(6-2-19)57-36(51)20-3-7-21(8-4-20)54-10-9-47-48-40/h1-8,15-18,23-27,30,35H,9-14H2,(H2,38,41,43)(H2,39,42,44)/q+1/t23-,24+,25?,26+,27+,30+,35+,63-/m0/s1. The zero-order chi connectivity index (χ0) is 44.4. The average molecular weight is 939 g/mol. The Morgan fingerprint density at radius 1 is 0.922 bits per heavy atom. The number of imidazole rings is 2. The van der Waals surface area contributed by atoms with Crippen LogP contribution in [-0.4, -0.2) is 102 Å². The fraction of sp³-hybridized carbons (Fsp3) is 0.361. The lowest BCUT2D eigenvalue weighted by Gasteiger charge is -2.25. The molecule has 2 aromatic carbocycles. The molecule has 0 spiro atoms. The van der Waals surface area contributed by atoms with Crippen molar-refractivity contribution in [3.05, 3.63) is 95.4 Å². The van der Waals surface area contributed by atoms with E-state index in [2.05, 4.69) is 39.9 Å². The summed E-state index contributed by atoms with van der Waals surface area (Å²) in [6.07, 6.45) is -3.69. The van der Waals surface area contributed by atoms with E-state index in [1.807, 2.05) is 0 Å². The van der Waals surface area contributed by atoms with Crippen LogP contribution >= 0.6 is 26.4 Å². The van der Waals surface area contributed by atoms with Gasteiger partial charge < -0.3 is 30.4 Å². The molecule has 24 nitrogen and oxygen atoms in total. The molecule has 3 aliphatic heterocycles. The number of esters is 1. The predicted octanol–water partition coefficient (Wildman–Crippen LogP) is 5.78. The van der Waals surface area contributed by atoms with Gasteiger partial charge in [0.25, 0.3) is 0 Å². The van der Waals surface area contributed by atoms with Gasteiger partial charge >= 0.3 is 21.0 Å². The molecule has 3 saturated heterocycles. The second-order valence-electron chi connectivity index (χ2n) is 14.2. The van der Waals surface area contributed by atoms with Crippen LogP contribution in [0.2, 0.25) is 0 Å². The number of hydrogen-bond acceptors (Lipinski definition) is 21. The van der Waals surface area contributed by atoms with Crippen LogP contribution in [-0.2, 0) is 42.5 Å². The summed E-state index contributed by atoms with van der Waals surface area (Å²) < 4.78 is 94.7. The van der Waals surface area contributed by atoms with E-state index >= 15 is 4.39 Å². The molecule has 0 bridgehead atoms. The van der Waals surface area contributed by atoms with Crippen LogP contribution in [0.25, 0.3) is 32.8 Å². The summed E-state index contributed by atoms with van der Waals surface area (Å²) in [5.74, 6) is 0.398. The van der Waals surface area contributed by atoms with Gasteiger partial charge in [-0.1, -0.05) is 17.2 Å². The van der Waals surface area contributed by atoms with Gasteiger partial charge in [0.05, 0.1) is 38.0 Å². The summed E-state index contributed by atoms with van der Waals surface area (Å²) in [6.45, 7) is -4.84. The third-order valence-electron chi connectivity index (χ3n) is 10.2. The second-order valence-corrected chi connectivity index (χ2v) is 19.1. The van der Waals surface area contributed by atoms with Crippen LogP contribution in [0.1, 0.15) is 34.8 Å². The number of carbonyl (C=O) groups excluding carboxylic acids is 1. The van der Waals surface area contributed by atoms with E-state index in [0.29, 0.717) is 22.5 Å². The van der Waals surface area contributed by atoms with E-state index in [0.717, 1.165) is 11.4 Å². The predicted molar refractivity (Wildman–Crippen MR) is 222 cm³/mol. The number of anilines is 2. The first-order valence-corrected chi connectivity index (χ1v) is 23.5. The van der Waals surface area contributed by atoms with E-state index in [-0.39, 0.29) is 66.0 Å². The van der Waals surface area contributed by atoms with E-state index in [9.17, 15) is 13.9 Å². The Morgan fingerprint density at radius 3 is 2.33 bits per heavy atom. The number of alkyl halides is 1. The third-order valence-corrected chi connectivity index (χ3v) is 14.6. The Bertz CT molecular complexity index is 2790. The minimum Gasteiger partial charge on any atom is -0.493 e. The molecule has 9 rings (SSSR count). The molecule has 0 amide bonds. The zero-order valence-electron chi connectivity index (χ0n) is 33.0. The van der Waals surface area contributed by atoms with Crippen LogP contribution in [0.4, 0.5) is 16.0 Å². The molecule has 4 aromatic heterocycles. The van der Waals surface area contributed by atoms with Crippen molar-refractivity contribution < 1.29 is 55.4 Å². The molecule has 0 saturated carbocycles. The number of halogens is 1. The summed E-state index contributed by atoms with van der Waals surface area (Å²) in [5.41, 5.74) is 22.4. The molecule has 64 heavy (non-hydrogen) atoms. The molecule has 9 atom stereocenters. The highest BCUT2D eigenvalue weighted by molar-refractivity contribution is 8.54. The highest BCUT2D eigenvalue weighted by Crippen LogP contribution is 2.64. The minimum absolute atomic E-state index is 0.0637. The number of ether oxygens (including phenoxy) is 4. The van der Waals surface area contributed by atoms with Crippen LogP contribution in [0.5, 0.6) is 11.5 Å². The number of hydrogen-bond donors (Lipinski definition) is 2. The van der Waals surface area contributed by atoms with Crippen molar-refractivity contribution in [2.75, 3.05) is 37.8 Å². The number of benzene rings is 2. The molecule has 4 N–H and O–H groups in total. The van der Waals surface area contributed by atoms with Gasteiger partial charge in [0, 0.05) is 21.7 Å². The summed E-state index contributed by atoms with van der Waals surface area (Å²) in [6, 6.07) is 12.8. The molecule has 2 unspecified atom stereocenters. The fourth-order valence-corrected chi connectivity index (χ4v) is 11.3. The average Bonchev–Trinajstić information content (AvgIpc) is 4.09. The molecule has 0 aliphatic carbocycles. The van der Waals surface area contributed by atoms with Crippen molar-refractivity contribution in [1.82, 2.24) is 39.0 Å². The molecule has 7 heterocycles. The van der Waals surface area contributed by atoms with Crippen molar-refractivity contribution in [3.63, 3.8) is 0 Å². The normalized spacial score (nSPS) is 26.6. The van der Waals surface area contributed by atoms with Crippen molar-refractivity contribution >= 4 is 66.4 Å². The van der Waals surface area contributed by atoms with Gasteiger partial charge in [0.1, 0.15) is 66.3 Å². The molecular weight excluding hydrogens is 903 g/mol. The van der Waals surface area contributed by atoms with Crippen molar-refractivity contribution in [2.24, 2.45) is 5.11 Å². The molecule has 6 aromatic rings. The van der Waals surface area contributed by atoms with Crippen molar-refractivity contribution in [2.45, 2.75) is 55.2 Å². The zero-order valence-corrected chi connectivity index (χ0v) is 35.6. The highest BCUT2D eigenvalue weighted by Gasteiger charge is 2.54. The Kier molecular flexibility index (Phi) is 12.6. The second kappa shape index (κ2) is 18.7. The van der Waals surface area contributed by atoms with Gasteiger partial charge in [-0.25, -0.2) is 43.7 Å². The summed E-state index contributed by atoms with van der Waals surface area (Å²) in [7, 11) is -2.97. The summed E-state index contributed by atoms with van der Waals surface area (Å²) >= 11 is 0.841. The minimum atomic E-state index is -4.25. The van der Waals surface area contributed by atoms with Gasteiger partial charge in [0.2, 0.25) is 0 Å². The Balaban J connectivity index is 0.929. The van der Waals surface area contributed by atoms with Gasteiger partial charge in [0.15, 0.2) is 41.4 Å². The lowest BCUT2D eigenvalue weighted by Crippen LogP contribution is -2.34. The maximum Gasteiger partial charge on any atom is 0.697 e. The largest absolute Gasteiger partial charge is 0.697 e. The van der Waals surface area contributed by atoms with E-state index < -0.39 is 70.7 Å². The molecule has 3 aliphatic rings. The molecule has 332 valence electrons. The lowest BCUT2D eigenvalue weighted by atomic mass is 10.1. The van der Waals surface area contributed by atoms with E-state index in [1.165, 1.54) is 42.0 Å². The number of nitrogen functional groups attached to an aromatic ring is 2. The van der Waals surface area contributed by atoms with Crippen molar-refractivity contribution in [3.8, 4) is 11.5 Å². The van der Waals surface area contributed by atoms with Gasteiger partial charge in [-0.15, -0.1) is 9.05 Å². The smallest absolute Gasteiger partial charge is 0.493 e. The van der Waals surface area contributed by atoms with Gasteiger partial charge in [-0.2, -0.15) is 0 Å². The lowest BCUT2D eigenvalue weighted by molar-refractivity contribution is -0.0535. The topological polar surface area (TPSA) is 313 Å². The fourth-order valence-electron chi connectivity index (χ4n) is 7.05. The van der Waals surface area contributed by atoms with Crippen LogP contribution in [0.15, 0.2) is 79.0 Å². The van der Waals surface area contributed by atoms with E-state index in [1.54, 1.807) is 41.0 Å². The van der Waals surface area contributed by atoms with E-state index in [4.69, 9.17) is 54.0 Å². The third kappa shape index (κ3) is 9.19. The number of rotatable bonds is 11. The summed E-state index contributed by atoms with van der Waals surface area (Å²) in [5, 5.41) is 3.41. The molecule has 3 fully saturated rings. The number of carbonyl (C=O) groups is 1. The number of aromatic nitrogens is 8. The number of fused-ring (bicyclic) bond motifs is 4. The highest BCUT2D eigenvalue weighted by atomic mass is 32.7.